The average molecular weight is 483 g/mol. The Bertz CT molecular complexity index is 892. The van der Waals surface area contributed by atoms with Gasteiger partial charge in [-0.05, 0) is 45.2 Å². The van der Waals surface area contributed by atoms with Gasteiger partial charge in [0.05, 0.1) is 19.6 Å². The Morgan fingerprint density at radius 3 is 2.32 bits per heavy atom. The SMILES string of the molecule is C/C(=C\CC/C(C)=C/Cc1cc(O)cc(CC(=O)O)c1O[C@@H]1O[C@H](CO)[C@@H](O)[C@H](O)[C@H]1O)CO. The van der Waals surface area contributed by atoms with E-state index in [1.54, 1.807) is 0 Å². The van der Waals surface area contributed by atoms with Crippen molar-refractivity contribution < 1.29 is 50.0 Å². The van der Waals surface area contributed by atoms with Crippen molar-refractivity contribution in [1.29, 1.82) is 0 Å². The summed E-state index contributed by atoms with van der Waals surface area (Å²) in [5, 5.41) is 68.3. The second-order valence-corrected chi connectivity index (χ2v) is 8.48. The molecule has 1 aromatic rings. The number of hydrogen-bond donors (Lipinski definition) is 7. The van der Waals surface area contributed by atoms with Crippen LogP contribution in [0, 0.1) is 0 Å². The Kier molecular flexibility index (Phi) is 10.5. The van der Waals surface area contributed by atoms with E-state index in [0.717, 1.165) is 24.0 Å². The lowest BCUT2D eigenvalue weighted by Gasteiger charge is -2.40. The number of allylic oxidation sites excluding steroid dienone is 3. The molecule has 34 heavy (non-hydrogen) atoms. The van der Waals surface area contributed by atoms with Gasteiger partial charge >= 0.3 is 5.97 Å². The summed E-state index contributed by atoms with van der Waals surface area (Å²) in [6.07, 6.45) is -2.52. The number of hydrogen-bond acceptors (Lipinski definition) is 9. The highest BCUT2D eigenvalue weighted by molar-refractivity contribution is 5.72. The van der Waals surface area contributed by atoms with Crippen LogP contribution < -0.4 is 4.74 Å². The highest BCUT2D eigenvalue weighted by atomic mass is 16.7. The number of benzene rings is 1. The minimum Gasteiger partial charge on any atom is -0.508 e. The number of ether oxygens (including phenoxy) is 2. The molecular weight excluding hydrogens is 448 g/mol. The molecular formula is C24H34O10. The first-order valence-electron chi connectivity index (χ1n) is 11.0. The summed E-state index contributed by atoms with van der Waals surface area (Å²) in [6.45, 7) is 3.11. The fourth-order valence-electron chi connectivity index (χ4n) is 3.61. The summed E-state index contributed by atoms with van der Waals surface area (Å²) in [4.78, 5) is 11.4. The number of aliphatic hydroxyl groups is 5. The Morgan fingerprint density at radius 1 is 1.03 bits per heavy atom. The van der Waals surface area contributed by atoms with E-state index in [9.17, 15) is 35.4 Å². The van der Waals surface area contributed by atoms with E-state index in [2.05, 4.69) is 0 Å². The molecule has 0 aliphatic carbocycles. The number of aliphatic hydroxyl groups excluding tert-OH is 5. The van der Waals surface area contributed by atoms with E-state index >= 15 is 0 Å². The molecule has 1 aromatic carbocycles. The van der Waals surface area contributed by atoms with Crippen molar-refractivity contribution in [1.82, 2.24) is 0 Å². The van der Waals surface area contributed by atoms with Crippen LogP contribution in [0.15, 0.2) is 35.4 Å². The number of carboxylic acid groups (broad SMARTS) is 1. The maximum atomic E-state index is 11.4. The minimum absolute atomic E-state index is 0.00292. The fourth-order valence-corrected chi connectivity index (χ4v) is 3.61. The molecule has 0 aromatic heterocycles. The predicted molar refractivity (Wildman–Crippen MR) is 121 cm³/mol. The van der Waals surface area contributed by atoms with E-state index in [-0.39, 0.29) is 30.1 Å². The third-order valence-corrected chi connectivity index (χ3v) is 5.60. The minimum atomic E-state index is -1.67. The number of aliphatic carboxylic acids is 1. The highest BCUT2D eigenvalue weighted by Crippen LogP contribution is 2.34. The molecule has 0 spiro atoms. The lowest BCUT2D eigenvalue weighted by molar-refractivity contribution is -0.277. The molecule has 1 saturated heterocycles. The van der Waals surface area contributed by atoms with Crippen molar-refractivity contribution in [2.24, 2.45) is 0 Å². The molecule has 190 valence electrons. The van der Waals surface area contributed by atoms with E-state index < -0.39 is 49.7 Å². The van der Waals surface area contributed by atoms with Crippen LogP contribution in [0.25, 0.3) is 0 Å². The van der Waals surface area contributed by atoms with Gasteiger partial charge in [0.2, 0.25) is 6.29 Å². The molecule has 0 saturated carbocycles. The standard InChI is InChI=1S/C24H34O10/c1-13(4-3-5-14(2)11-25)6-7-15-8-17(27)9-16(10-19(28)29)23(15)34-24-22(32)21(31)20(30)18(12-26)33-24/h5-6,8-9,18,20-22,24-27,30-32H,3-4,7,10-12H2,1-2H3,(H,28,29)/b13-6+,14-5+/t18-,20-,21+,22-,24+/m1/s1. The van der Waals surface area contributed by atoms with Crippen molar-refractivity contribution in [3.8, 4) is 11.5 Å². The van der Waals surface area contributed by atoms with E-state index in [1.807, 2.05) is 26.0 Å². The number of phenols is 1. The van der Waals surface area contributed by atoms with Crippen LogP contribution in [-0.2, 0) is 22.4 Å². The Morgan fingerprint density at radius 2 is 1.71 bits per heavy atom. The lowest BCUT2D eigenvalue weighted by atomic mass is 9.98. The van der Waals surface area contributed by atoms with Crippen molar-refractivity contribution in [3.05, 3.63) is 46.6 Å². The Hall–Kier alpha value is -2.47. The largest absolute Gasteiger partial charge is 0.508 e. The van der Waals surface area contributed by atoms with Crippen LogP contribution in [0.1, 0.15) is 37.8 Å². The molecule has 0 unspecified atom stereocenters. The molecule has 2 rings (SSSR count). The Labute approximate surface area is 198 Å². The molecule has 7 N–H and O–H groups in total. The zero-order valence-electron chi connectivity index (χ0n) is 19.3. The molecule has 0 bridgehead atoms. The van der Waals surface area contributed by atoms with Crippen LogP contribution >= 0.6 is 0 Å². The zero-order chi connectivity index (χ0) is 25.4. The van der Waals surface area contributed by atoms with Gasteiger partial charge < -0.3 is 45.2 Å². The van der Waals surface area contributed by atoms with Gasteiger partial charge in [0.25, 0.3) is 0 Å². The van der Waals surface area contributed by atoms with Crippen molar-refractivity contribution in [2.45, 2.75) is 70.2 Å². The summed E-state index contributed by atoms with van der Waals surface area (Å²) < 4.78 is 11.2. The summed E-state index contributed by atoms with van der Waals surface area (Å²) in [7, 11) is 0. The maximum Gasteiger partial charge on any atom is 0.307 e. The normalized spacial score (nSPS) is 25.9. The van der Waals surface area contributed by atoms with E-state index in [4.69, 9.17) is 14.6 Å². The third kappa shape index (κ3) is 7.52. The van der Waals surface area contributed by atoms with Gasteiger partial charge in [-0.1, -0.05) is 23.3 Å². The highest BCUT2D eigenvalue weighted by Gasteiger charge is 2.45. The summed E-state index contributed by atoms with van der Waals surface area (Å²) >= 11 is 0. The first-order valence-corrected chi connectivity index (χ1v) is 11.0. The van der Waals surface area contributed by atoms with Gasteiger partial charge in [0.1, 0.15) is 35.9 Å². The number of carbonyl (C=O) groups is 1. The molecule has 1 fully saturated rings. The lowest BCUT2D eigenvalue weighted by Crippen LogP contribution is -2.60. The molecule has 5 atom stereocenters. The van der Waals surface area contributed by atoms with Crippen LogP contribution in [0.5, 0.6) is 11.5 Å². The topological polar surface area (TPSA) is 177 Å². The van der Waals surface area contributed by atoms with Crippen molar-refractivity contribution >= 4 is 5.97 Å². The fraction of sp³-hybridized carbons (Fsp3) is 0.542. The number of aromatic hydroxyl groups is 1. The smallest absolute Gasteiger partial charge is 0.307 e. The third-order valence-electron chi connectivity index (χ3n) is 5.60. The summed E-state index contributed by atoms with van der Waals surface area (Å²) in [5.41, 5.74) is 2.44. The number of phenolic OH excluding ortho intramolecular Hbond substituents is 1. The van der Waals surface area contributed by atoms with Gasteiger partial charge in [-0.25, -0.2) is 0 Å². The van der Waals surface area contributed by atoms with Crippen LogP contribution in [0.4, 0.5) is 0 Å². The first-order chi connectivity index (χ1) is 16.1. The summed E-state index contributed by atoms with van der Waals surface area (Å²) in [6, 6.07) is 2.64. The van der Waals surface area contributed by atoms with Gasteiger partial charge in [-0.3, -0.25) is 4.79 Å². The van der Waals surface area contributed by atoms with Crippen LogP contribution in [0.3, 0.4) is 0 Å². The van der Waals surface area contributed by atoms with Gasteiger partial charge in [0, 0.05) is 11.1 Å². The maximum absolute atomic E-state index is 11.4. The van der Waals surface area contributed by atoms with Crippen molar-refractivity contribution in [2.75, 3.05) is 13.2 Å². The molecule has 10 heteroatoms. The monoisotopic (exact) mass is 482 g/mol. The summed E-state index contributed by atoms with van der Waals surface area (Å²) in [5.74, 6) is -1.28. The number of rotatable bonds is 11. The number of carboxylic acids is 1. The molecule has 1 aliphatic rings. The van der Waals surface area contributed by atoms with Gasteiger partial charge in [0.15, 0.2) is 0 Å². The van der Waals surface area contributed by atoms with Crippen LogP contribution in [-0.4, -0.2) is 85.6 Å². The molecule has 0 amide bonds. The first kappa shape index (κ1) is 27.8. The van der Waals surface area contributed by atoms with E-state index in [0.29, 0.717) is 5.56 Å². The van der Waals surface area contributed by atoms with Crippen LogP contribution in [0.2, 0.25) is 0 Å². The average Bonchev–Trinajstić information content (AvgIpc) is 2.78. The molecule has 1 aliphatic heterocycles. The van der Waals surface area contributed by atoms with Gasteiger partial charge in [-0.15, -0.1) is 0 Å². The quantitative estimate of drug-likeness (QED) is 0.219. The molecule has 10 nitrogen and oxygen atoms in total. The molecule has 0 radical (unpaired) electrons. The second kappa shape index (κ2) is 12.8. The Balaban J connectivity index is 2.33. The van der Waals surface area contributed by atoms with Crippen molar-refractivity contribution in [3.63, 3.8) is 0 Å². The van der Waals surface area contributed by atoms with E-state index in [1.165, 1.54) is 12.1 Å². The van der Waals surface area contributed by atoms with Gasteiger partial charge in [-0.2, -0.15) is 0 Å². The molecule has 1 heterocycles. The second-order valence-electron chi connectivity index (χ2n) is 8.48. The zero-order valence-corrected chi connectivity index (χ0v) is 19.3. The predicted octanol–water partition coefficient (Wildman–Crippen LogP) is 0.406.